The molecule has 1 heterocycles. The van der Waals surface area contributed by atoms with Gasteiger partial charge >= 0.3 is 6.18 Å². The van der Waals surface area contributed by atoms with Gasteiger partial charge in [0.2, 0.25) is 5.91 Å². The lowest BCUT2D eigenvalue weighted by molar-refractivity contribution is -0.151. The molecule has 0 N–H and O–H groups in total. The molecule has 0 saturated carbocycles. The Hall–Kier alpha value is -1.15. The molecular weight excluding hydrogens is 279 g/mol. The third-order valence-corrected chi connectivity index (χ3v) is 3.39. The highest BCUT2D eigenvalue weighted by Crippen LogP contribution is 2.20. The fourth-order valence-corrected chi connectivity index (χ4v) is 2.25. The zero-order valence-corrected chi connectivity index (χ0v) is 11.8. The van der Waals surface area contributed by atoms with Crippen molar-refractivity contribution in [1.29, 1.82) is 0 Å². The second-order valence-corrected chi connectivity index (χ2v) is 5.35. The van der Waals surface area contributed by atoms with Gasteiger partial charge in [0, 0.05) is 25.5 Å². The van der Waals surface area contributed by atoms with Crippen molar-refractivity contribution in [2.75, 3.05) is 27.2 Å². The SMILES string of the molecule is Cc1ncsc1CN(CC(=O)N(C)C)CC(F)(F)F. The molecule has 1 aromatic rings. The Labute approximate surface area is 113 Å². The number of carbonyl (C=O) groups excluding carboxylic acids is 1. The molecule has 0 aliphatic rings. The number of hydrogen-bond acceptors (Lipinski definition) is 4. The number of amides is 1. The van der Waals surface area contributed by atoms with E-state index in [2.05, 4.69) is 4.98 Å². The van der Waals surface area contributed by atoms with Crippen LogP contribution in [0.1, 0.15) is 10.6 Å². The Kier molecular flexibility index (Phi) is 5.30. The summed E-state index contributed by atoms with van der Waals surface area (Å²) in [4.78, 5) is 18.7. The number of likely N-dealkylation sites (N-methyl/N-ethyl adjacent to an activating group) is 1. The molecule has 1 aromatic heterocycles. The average molecular weight is 295 g/mol. The lowest BCUT2D eigenvalue weighted by Gasteiger charge is -2.24. The smallest absolute Gasteiger partial charge is 0.348 e. The number of nitrogens with zero attached hydrogens (tertiary/aromatic N) is 3. The van der Waals surface area contributed by atoms with E-state index in [1.165, 1.54) is 30.3 Å². The number of rotatable bonds is 5. The van der Waals surface area contributed by atoms with Crippen LogP contribution >= 0.6 is 11.3 Å². The van der Waals surface area contributed by atoms with Crippen molar-refractivity contribution < 1.29 is 18.0 Å². The van der Waals surface area contributed by atoms with Crippen LogP contribution in [-0.4, -0.2) is 54.1 Å². The van der Waals surface area contributed by atoms with Gasteiger partial charge in [0.1, 0.15) is 0 Å². The summed E-state index contributed by atoms with van der Waals surface area (Å²) in [5, 5.41) is 0. The van der Waals surface area contributed by atoms with E-state index in [1.54, 1.807) is 12.4 Å². The number of carbonyl (C=O) groups is 1. The topological polar surface area (TPSA) is 36.4 Å². The van der Waals surface area contributed by atoms with E-state index >= 15 is 0 Å². The lowest BCUT2D eigenvalue weighted by atomic mass is 10.3. The van der Waals surface area contributed by atoms with E-state index in [0.717, 1.165) is 9.78 Å². The third-order valence-electron chi connectivity index (χ3n) is 2.47. The second-order valence-electron chi connectivity index (χ2n) is 4.41. The highest BCUT2D eigenvalue weighted by atomic mass is 32.1. The number of alkyl halides is 3. The van der Waals surface area contributed by atoms with Crippen LogP contribution in [0.4, 0.5) is 13.2 Å². The van der Waals surface area contributed by atoms with Crippen LogP contribution in [0.2, 0.25) is 0 Å². The van der Waals surface area contributed by atoms with E-state index in [9.17, 15) is 18.0 Å². The highest BCUT2D eigenvalue weighted by Gasteiger charge is 2.32. The number of thiazole rings is 1. The molecule has 0 aliphatic heterocycles. The maximum absolute atomic E-state index is 12.5. The average Bonchev–Trinajstić information content (AvgIpc) is 2.61. The van der Waals surface area contributed by atoms with Crippen molar-refractivity contribution in [1.82, 2.24) is 14.8 Å². The Balaban J connectivity index is 2.75. The van der Waals surface area contributed by atoms with E-state index < -0.39 is 12.7 Å². The van der Waals surface area contributed by atoms with Gasteiger partial charge in [-0.25, -0.2) is 4.98 Å². The molecule has 0 unspecified atom stereocenters. The minimum atomic E-state index is -4.33. The Morgan fingerprint density at radius 2 is 2.05 bits per heavy atom. The Bertz CT molecular complexity index is 431. The molecule has 1 rings (SSSR count). The summed E-state index contributed by atoms with van der Waals surface area (Å²) in [6, 6.07) is 0. The molecule has 0 saturated heterocycles. The summed E-state index contributed by atoms with van der Waals surface area (Å²) in [6.45, 7) is 0.453. The molecule has 8 heteroatoms. The van der Waals surface area contributed by atoms with Gasteiger partial charge in [0.25, 0.3) is 0 Å². The fraction of sp³-hybridized carbons (Fsp3) is 0.636. The maximum Gasteiger partial charge on any atom is 0.401 e. The van der Waals surface area contributed by atoms with Crippen molar-refractivity contribution in [3.05, 3.63) is 16.1 Å². The van der Waals surface area contributed by atoms with Gasteiger partial charge in [-0.2, -0.15) is 13.2 Å². The number of aromatic nitrogens is 1. The molecule has 4 nitrogen and oxygen atoms in total. The van der Waals surface area contributed by atoms with Gasteiger partial charge in [0.15, 0.2) is 0 Å². The normalized spacial score (nSPS) is 11.9. The van der Waals surface area contributed by atoms with Crippen LogP contribution in [0.15, 0.2) is 5.51 Å². The first-order valence-corrected chi connectivity index (χ1v) is 6.45. The number of hydrogen-bond donors (Lipinski definition) is 0. The standard InChI is InChI=1S/C11H16F3N3OS/c1-8-9(19-7-15-8)4-17(6-11(12,13)14)5-10(18)16(2)3/h7H,4-6H2,1-3H3. The zero-order chi connectivity index (χ0) is 14.6. The first-order valence-electron chi connectivity index (χ1n) is 5.57. The minimum absolute atomic E-state index is 0.0790. The molecule has 0 aliphatic carbocycles. The number of halogens is 3. The summed E-state index contributed by atoms with van der Waals surface area (Å²) in [5.41, 5.74) is 2.29. The van der Waals surface area contributed by atoms with Crippen molar-refractivity contribution in [2.24, 2.45) is 0 Å². The van der Waals surface area contributed by atoms with Crippen molar-refractivity contribution >= 4 is 17.2 Å². The number of aryl methyl sites for hydroxylation is 1. The molecular formula is C11H16F3N3OS. The summed E-state index contributed by atoms with van der Waals surface area (Å²) in [6.07, 6.45) is -4.33. The molecule has 108 valence electrons. The predicted molar refractivity (Wildman–Crippen MR) is 66.9 cm³/mol. The molecule has 0 bridgehead atoms. The van der Waals surface area contributed by atoms with E-state index in [0.29, 0.717) is 5.69 Å². The van der Waals surface area contributed by atoms with Gasteiger partial charge in [-0.15, -0.1) is 11.3 Å². The molecule has 1 amide bonds. The molecule has 0 fully saturated rings. The Morgan fingerprint density at radius 1 is 1.42 bits per heavy atom. The fourth-order valence-electron chi connectivity index (χ4n) is 1.44. The first kappa shape index (κ1) is 15.9. The van der Waals surface area contributed by atoms with Gasteiger partial charge < -0.3 is 4.90 Å². The minimum Gasteiger partial charge on any atom is -0.348 e. The summed E-state index contributed by atoms with van der Waals surface area (Å²) in [5.74, 6) is -0.355. The zero-order valence-electron chi connectivity index (χ0n) is 11.0. The molecule has 0 spiro atoms. The molecule has 0 aromatic carbocycles. The largest absolute Gasteiger partial charge is 0.401 e. The van der Waals surface area contributed by atoms with Gasteiger partial charge in [-0.05, 0) is 6.92 Å². The first-order chi connectivity index (χ1) is 8.69. The molecule has 19 heavy (non-hydrogen) atoms. The highest BCUT2D eigenvalue weighted by molar-refractivity contribution is 7.09. The van der Waals surface area contributed by atoms with Crippen LogP contribution < -0.4 is 0 Å². The predicted octanol–water partition coefficient (Wildman–Crippen LogP) is 1.90. The van der Waals surface area contributed by atoms with E-state index in [4.69, 9.17) is 0 Å². The van der Waals surface area contributed by atoms with E-state index in [1.807, 2.05) is 0 Å². The van der Waals surface area contributed by atoms with Crippen molar-refractivity contribution in [3.63, 3.8) is 0 Å². The quantitative estimate of drug-likeness (QED) is 0.832. The lowest BCUT2D eigenvalue weighted by Crippen LogP contribution is -2.41. The van der Waals surface area contributed by atoms with Crippen LogP contribution in [0, 0.1) is 6.92 Å². The van der Waals surface area contributed by atoms with Crippen LogP contribution in [0.5, 0.6) is 0 Å². The van der Waals surface area contributed by atoms with Crippen LogP contribution in [0.25, 0.3) is 0 Å². The second kappa shape index (κ2) is 6.33. The van der Waals surface area contributed by atoms with Crippen molar-refractivity contribution in [3.8, 4) is 0 Å². The Morgan fingerprint density at radius 3 is 2.47 bits per heavy atom. The van der Waals surface area contributed by atoms with Crippen molar-refractivity contribution in [2.45, 2.75) is 19.6 Å². The molecule has 0 atom stereocenters. The third kappa shape index (κ3) is 5.56. The summed E-state index contributed by atoms with van der Waals surface area (Å²) >= 11 is 1.29. The summed E-state index contributed by atoms with van der Waals surface area (Å²) < 4.78 is 37.5. The van der Waals surface area contributed by atoms with Crippen LogP contribution in [-0.2, 0) is 11.3 Å². The van der Waals surface area contributed by atoms with Gasteiger partial charge in [-0.1, -0.05) is 0 Å². The van der Waals surface area contributed by atoms with Gasteiger partial charge in [0.05, 0.1) is 24.3 Å². The van der Waals surface area contributed by atoms with Crippen LogP contribution in [0.3, 0.4) is 0 Å². The maximum atomic E-state index is 12.5. The van der Waals surface area contributed by atoms with E-state index in [-0.39, 0.29) is 19.0 Å². The van der Waals surface area contributed by atoms with Gasteiger partial charge in [-0.3, -0.25) is 9.69 Å². The monoisotopic (exact) mass is 295 g/mol. The summed E-state index contributed by atoms with van der Waals surface area (Å²) in [7, 11) is 3.04. The molecule has 0 radical (unpaired) electrons.